The van der Waals surface area contributed by atoms with Crippen molar-refractivity contribution in [3.05, 3.63) is 42.0 Å². The summed E-state index contributed by atoms with van der Waals surface area (Å²) in [5.41, 5.74) is 6.67. The monoisotopic (exact) mass is 271 g/mol. The summed E-state index contributed by atoms with van der Waals surface area (Å²) < 4.78 is 25.9. The van der Waals surface area contributed by atoms with Gasteiger partial charge in [-0.3, -0.25) is 0 Å². The minimum Gasteiger partial charge on any atom is -0.324 e. The topological polar surface area (TPSA) is 56.7 Å². The molecule has 0 saturated carbocycles. The highest BCUT2D eigenvalue weighted by Gasteiger charge is 2.17. The summed E-state index contributed by atoms with van der Waals surface area (Å²) in [5, 5.41) is 3.76. The molecular formula is C11H10ClF2N4. The van der Waals surface area contributed by atoms with Crippen molar-refractivity contribution >= 4 is 11.6 Å². The van der Waals surface area contributed by atoms with Crippen LogP contribution in [0.2, 0.25) is 5.02 Å². The molecule has 0 bridgehead atoms. The largest absolute Gasteiger partial charge is 0.335 e. The third kappa shape index (κ3) is 2.34. The van der Waals surface area contributed by atoms with Crippen LogP contribution in [-0.2, 0) is 0 Å². The lowest BCUT2D eigenvalue weighted by molar-refractivity contribution is 0.0582. The first-order valence-corrected chi connectivity index (χ1v) is 5.44. The number of alkyl halides is 2. The number of hydrogen-bond donors (Lipinski definition) is 1. The molecule has 2 N–H and O–H groups in total. The van der Waals surface area contributed by atoms with Gasteiger partial charge in [0, 0.05) is 11.6 Å². The van der Waals surface area contributed by atoms with Crippen LogP contribution in [-0.4, -0.2) is 14.8 Å². The van der Waals surface area contributed by atoms with Crippen LogP contribution >= 0.6 is 11.6 Å². The summed E-state index contributed by atoms with van der Waals surface area (Å²) in [4.78, 5) is 3.80. The Morgan fingerprint density at radius 3 is 2.72 bits per heavy atom. The molecule has 0 spiro atoms. The van der Waals surface area contributed by atoms with Crippen molar-refractivity contribution in [1.29, 1.82) is 0 Å². The molecule has 1 aromatic carbocycles. The summed E-state index contributed by atoms with van der Waals surface area (Å²) in [6, 6.07) is 4.38. The fraction of sp³-hybridized carbons (Fsp3) is 0.182. The first-order valence-electron chi connectivity index (χ1n) is 5.07. The van der Waals surface area contributed by atoms with Gasteiger partial charge in [-0.15, -0.1) is 0 Å². The number of hydrogen-bond acceptors (Lipinski definition) is 3. The van der Waals surface area contributed by atoms with Crippen LogP contribution in [0.5, 0.6) is 0 Å². The summed E-state index contributed by atoms with van der Waals surface area (Å²) >= 11 is 5.98. The summed E-state index contributed by atoms with van der Waals surface area (Å²) in [6.07, 6.45) is 1.05. The third-order valence-corrected chi connectivity index (χ3v) is 2.75. The molecule has 7 heteroatoms. The molecule has 4 nitrogen and oxygen atoms in total. The number of benzene rings is 1. The Labute approximate surface area is 107 Å². The molecule has 18 heavy (non-hydrogen) atoms. The lowest BCUT2D eigenvalue weighted by atomic mass is 10.1. The highest BCUT2D eigenvalue weighted by Crippen LogP contribution is 2.30. The average Bonchev–Trinajstić information content (AvgIpc) is 2.78. The van der Waals surface area contributed by atoms with E-state index < -0.39 is 12.6 Å². The Morgan fingerprint density at radius 1 is 1.39 bits per heavy atom. The van der Waals surface area contributed by atoms with E-state index in [1.54, 1.807) is 18.2 Å². The maximum atomic E-state index is 12.7. The van der Waals surface area contributed by atoms with Gasteiger partial charge in [0.1, 0.15) is 6.33 Å². The van der Waals surface area contributed by atoms with Gasteiger partial charge < -0.3 is 5.73 Å². The van der Waals surface area contributed by atoms with Crippen LogP contribution in [0, 0.1) is 6.92 Å². The number of nitrogens with two attached hydrogens (primary N) is 1. The molecule has 0 unspecified atom stereocenters. The van der Waals surface area contributed by atoms with Gasteiger partial charge in [0.05, 0.1) is 5.02 Å². The molecule has 1 heterocycles. The minimum absolute atomic E-state index is 0.00231. The molecule has 0 saturated heterocycles. The Bertz CT molecular complexity index is 554. The standard InChI is InChI=1S/C11H10ClF2N4/c1-6(15)7-2-3-9(12)8(4-7)10-16-5-17-18(10)11(13)14/h2-6,11H,1,15H2/t6-/m0/s1. The average molecular weight is 272 g/mol. The quantitative estimate of drug-likeness (QED) is 0.934. The van der Waals surface area contributed by atoms with Crippen LogP contribution in [0.1, 0.15) is 18.2 Å². The first-order chi connectivity index (χ1) is 8.50. The molecule has 2 aromatic rings. The number of rotatable bonds is 3. The van der Waals surface area contributed by atoms with Crippen molar-refractivity contribution < 1.29 is 8.78 Å². The van der Waals surface area contributed by atoms with Gasteiger partial charge in [-0.25, -0.2) is 4.98 Å². The lowest BCUT2D eigenvalue weighted by Gasteiger charge is -2.10. The summed E-state index contributed by atoms with van der Waals surface area (Å²) in [6.45, 7) is 0.880. The van der Waals surface area contributed by atoms with Crippen molar-refractivity contribution in [2.75, 3.05) is 0 Å². The molecule has 0 amide bonds. The predicted molar refractivity (Wildman–Crippen MR) is 64.0 cm³/mol. The van der Waals surface area contributed by atoms with Crippen molar-refractivity contribution in [1.82, 2.24) is 14.8 Å². The van der Waals surface area contributed by atoms with Crippen LogP contribution in [0.25, 0.3) is 11.4 Å². The van der Waals surface area contributed by atoms with E-state index in [0.29, 0.717) is 20.8 Å². The SMILES string of the molecule is [CH2][C@H](N)c1ccc(Cl)c(-c2ncnn2C(F)F)c1. The van der Waals surface area contributed by atoms with Gasteiger partial charge in [0.15, 0.2) is 5.82 Å². The van der Waals surface area contributed by atoms with Gasteiger partial charge in [-0.1, -0.05) is 17.7 Å². The van der Waals surface area contributed by atoms with Crippen molar-refractivity contribution in [3.63, 3.8) is 0 Å². The Kier molecular flexibility index (Phi) is 3.58. The van der Waals surface area contributed by atoms with Crippen LogP contribution in [0.15, 0.2) is 24.5 Å². The smallest absolute Gasteiger partial charge is 0.324 e. The lowest BCUT2D eigenvalue weighted by Crippen LogP contribution is -2.07. The van der Waals surface area contributed by atoms with Gasteiger partial charge in [0.2, 0.25) is 0 Å². The van der Waals surface area contributed by atoms with Gasteiger partial charge in [-0.2, -0.15) is 18.6 Å². The first kappa shape index (κ1) is 12.9. The van der Waals surface area contributed by atoms with Gasteiger partial charge in [0.25, 0.3) is 0 Å². The molecule has 2 rings (SSSR count). The minimum atomic E-state index is -2.78. The molecule has 0 fully saturated rings. The van der Waals surface area contributed by atoms with E-state index in [9.17, 15) is 8.78 Å². The number of halogens is 3. The van der Waals surface area contributed by atoms with E-state index >= 15 is 0 Å². The fourth-order valence-corrected chi connectivity index (χ4v) is 1.73. The van der Waals surface area contributed by atoms with Gasteiger partial charge in [-0.05, 0) is 24.6 Å². The third-order valence-electron chi connectivity index (χ3n) is 2.42. The summed E-state index contributed by atoms with van der Waals surface area (Å²) in [5.74, 6) is -0.00231. The van der Waals surface area contributed by atoms with Crippen LogP contribution in [0.3, 0.4) is 0 Å². The highest BCUT2D eigenvalue weighted by molar-refractivity contribution is 6.33. The zero-order valence-electron chi connectivity index (χ0n) is 9.22. The second-order valence-corrected chi connectivity index (χ2v) is 4.06. The highest BCUT2D eigenvalue weighted by atomic mass is 35.5. The second kappa shape index (κ2) is 4.99. The maximum Gasteiger partial charge on any atom is 0.335 e. The van der Waals surface area contributed by atoms with Crippen molar-refractivity contribution in [2.24, 2.45) is 5.73 Å². The predicted octanol–water partition coefficient (Wildman–Crippen LogP) is 2.83. The summed E-state index contributed by atoms with van der Waals surface area (Å²) in [7, 11) is 0. The Balaban J connectivity index is 2.56. The molecule has 95 valence electrons. The van der Waals surface area contributed by atoms with E-state index in [1.807, 2.05) is 0 Å². The van der Waals surface area contributed by atoms with E-state index in [2.05, 4.69) is 17.0 Å². The van der Waals surface area contributed by atoms with Crippen molar-refractivity contribution in [3.8, 4) is 11.4 Å². The van der Waals surface area contributed by atoms with E-state index in [-0.39, 0.29) is 5.82 Å². The Morgan fingerprint density at radius 2 is 2.11 bits per heavy atom. The number of aromatic nitrogens is 3. The molecule has 0 aliphatic rings. The fourth-order valence-electron chi connectivity index (χ4n) is 1.53. The molecule has 1 atom stereocenters. The zero-order valence-corrected chi connectivity index (χ0v) is 9.98. The van der Waals surface area contributed by atoms with E-state index in [4.69, 9.17) is 17.3 Å². The van der Waals surface area contributed by atoms with Crippen molar-refractivity contribution in [2.45, 2.75) is 12.6 Å². The maximum absolute atomic E-state index is 12.7. The molecular weight excluding hydrogens is 262 g/mol. The van der Waals surface area contributed by atoms with E-state index in [0.717, 1.165) is 6.33 Å². The van der Waals surface area contributed by atoms with Gasteiger partial charge >= 0.3 is 6.55 Å². The zero-order chi connectivity index (χ0) is 13.3. The van der Waals surface area contributed by atoms with E-state index in [1.165, 1.54) is 0 Å². The van der Waals surface area contributed by atoms with Crippen LogP contribution in [0.4, 0.5) is 8.78 Å². The molecule has 1 radical (unpaired) electrons. The number of nitrogens with zero attached hydrogens (tertiary/aromatic N) is 3. The normalized spacial score (nSPS) is 13.0. The second-order valence-electron chi connectivity index (χ2n) is 3.65. The molecule has 0 aliphatic heterocycles. The van der Waals surface area contributed by atoms with Crippen LogP contribution < -0.4 is 5.73 Å². The Hall–Kier alpha value is -1.53. The molecule has 1 aromatic heterocycles. The molecule has 0 aliphatic carbocycles.